The van der Waals surface area contributed by atoms with Crippen molar-refractivity contribution in [3.05, 3.63) is 53.6 Å². The summed E-state index contributed by atoms with van der Waals surface area (Å²) in [6, 6.07) is 10.5. The number of aliphatic hydroxyl groups excluding tert-OH is 3. The predicted molar refractivity (Wildman–Crippen MR) is 135 cm³/mol. The Kier molecular flexibility index (Phi) is 10.7. The van der Waals surface area contributed by atoms with Crippen molar-refractivity contribution < 1.29 is 53.3 Å². The van der Waals surface area contributed by atoms with Gasteiger partial charge >= 0.3 is 5.97 Å². The quantitative estimate of drug-likeness (QED) is 0.268. The molecule has 0 aromatic heterocycles. The monoisotopic (exact) mass is 534 g/mol. The van der Waals surface area contributed by atoms with Crippen molar-refractivity contribution in [3.8, 4) is 23.0 Å². The molecule has 1 aliphatic heterocycles. The summed E-state index contributed by atoms with van der Waals surface area (Å²) < 4.78 is 37.5. The van der Waals surface area contributed by atoms with Crippen molar-refractivity contribution in [1.82, 2.24) is 0 Å². The van der Waals surface area contributed by atoms with Gasteiger partial charge in [0.1, 0.15) is 18.3 Å². The van der Waals surface area contributed by atoms with Crippen LogP contribution in [-0.2, 0) is 25.4 Å². The van der Waals surface area contributed by atoms with Crippen LogP contribution in [0.25, 0.3) is 6.08 Å². The van der Waals surface area contributed by atoms with Gasteiger partial charge in [-0.2, -0.15) is 0 Å². The minimum atomic E-state index is -1.55. The van der Waals surface area contributed by atoms with Gasteiger partial charge in [0.15, 0.2) is 35.4 Å². The zero-order chi connectivity index (χ0) is 27.7. The van der Waals surface area contributed by atoms with Gasteiger partial charge in [-0.25, -0.2) is 4.79 Å². The van der Waals surface area contributed by atoms with Crippen molar-refractivity contribution >= 4 is 12.0 Å². The maximum atomic E-state index is 12.4. The van der Waals surface area contributed by atoms with Gasteiger partial charge < -0.3 is 48.5 Å². The number of rotatable bonds is 12. The minimum Gasteiger partial charge on any atom is -0.493 e. The summed E-state index contributed by atoms with van der Waals surface area (Å²) in [5, 5.41) is 31.0. The van der Waals surface area contributed by atoms with E-state index in [1.807, 2.05) is 6.07 Å². The molecule has 0 radical (unpaired) electrons. The second kappa shape index (κ2) is 14.0. The Morgan fingerprint density at radius 2 is 1.53 bits per heavy atom. The van der Waals surface area contributed by atoms with E-state index >= 15 is 0 Å². The van der Waals surface area contributed by atoms with Crippen LogP contribution in [-0.4, -0.2) is 93.6 Å². The van der Waals surface area contributed by atoms with Crippen molar-refractivity contribution in [1.29, 1.82) is 0 Å². The van der Waals surface area contributed by atoms with Crippen molar-refractivity contribution in [2.75, 3.05) is 41.7 Å². The molecule has 3 rings (SSSR count). The molecule has 1 aliphatic rings. The van der Waals surface area contributed by atoms with Gasteiger partial charge in [0.25, 0.3) is 0 Å². The van der Waals surface area contributed by atoms with E-state index in [9.17, 15) is 20.1 Å². The minimum absolute atomic E-state index is 0.139. The maximum Gasteiger partial charge on any atom is 0.331 e. The molecule has 0 amide bonds. The van der Waals surface area contributed by atoms with E-state index in [1.165, 1.54) is 27.4 Å². The number of carbonyl (C=O) groups excluding carboxylic acids is 1. The predicted octanol–water partition coefficient (Wildman–Crippen LogP) is 1.34. The van der Waals surface area contributed by atoms with Gasteiger partial charge in [0.05, 0.1) is 41.7 Å². The molecule has 3 N–H and O–H groups in total. The standard InChI is InChI=1S/C27H34O11/c1-32-18-8-5-16(13-20(18)34-3)7-10-23(29)38-26-22(15-28)37-27(25(31)24(26)30)36-12-11-17-6-9-19(33-2)21(14-17)35-4/h5-10,13-14,22,24-28,30-31H,11-12,15H2,1-4H3/b10-7-/t22-,24-,25-,26-,27-/m1/s1. The molecular formula is C27H34O11. The average Bonchev–Trinajstić information content (AvgIpc) is 2.95. The molecule has 0 unspecified atom stereocenters. The van der Waals surface area contributed by atoms with Gasteiger partial charge in [-0.05, 0) is 47.9 Å². The summed E-state index contributed by atoms with van der Waals surface area (Å²) in [4.78, 5) is 12.4. The largest absolute Gasteiger partial charge is 0.493 e. The van der Waals surface area contributed by atoms with E-state index in [-0.39, 0.29) is 6.61 Å². The first-order valence-electron chi connectivity index (χ1n) is 11.9. The molecule has 1 heterocycles. The van der Waals surface area contributed by atoms with Crippen LogP contribution in [0.1, 0.15) is 11.1 Å². The van der Waals surface area contributed by atoms with E-state index in [2.05, 4.69) is 0 Å². The molecule has 11 nitrogen and oxygen atoms in total. The van der Waals surface area contributed by atoms with Crippen molar-refractivity contribution in [3.63, 3.8) is 0 Å². The highest BCUT2D eigenvalue weighted by Crippen LogP contribution is 2.29. The molecule has 208 valence electrons. The van der Waals surface area contributed by atoms with E-state index in [0.29, 0.717) is 35.0 Å². The molecule has 0 saturated carbocycles. The van der Waals surface area contributed by atoms with Gasteiger partial charge in [0.2, 0.25) is 0 Å². The second-order valence-electron chi connectivity index (χ2n) is 8.37. The number of hydrogen-bond donors (Lipinski definition) is 3. The third-order valence-electron chi connectivity index (χ3n) is 6.01. The van der Waals surface area contributed by atoms with Gasteiger partial charge in [-0.15, -0.1) is 0 Å². The molecule has 2 aromatic carbocycles. The lowest BCUT2D eigenvalue weighted by Crippen LogP contribution is -2.60. The summed E-state index contributed by atoms with van der Waals surface area (Å²) in [5.41, 5.74) is 1.53. The van der Waals surface area contributed by atoms with E-state index in [4.69, 9.17) is 33.2 Å². The second-order valence-corrected chi connectivity index (χ2v) is 8.37. The van der Waals surface area contributed by atoms with Crippen LogP contribution in [0.5, 0.6) is 23.0 Å². The van der Waals surface area contributed by atoms with Crippen LogP contribution in [0.2, 0.25) is 0 Å². The third-order valence-corrected chi connectivity index (χ3v) is 6.01. The summed E-state index contributed by atoms with van der Waals surface area (Å²) in [7, 11) is 6.10. The lowest BCUT2D eigenvalue weighted by molar-refractivity contribution is -0.302. The molecular weight excluding hydrogens is 500 g/mol. The molecule has 0 aliphatic carbocycles. The van der Waals surface area contributed by atoms with Gasteiger partial charge in [-0.3, -0.25) is 0 Å². The summed E-state index contributed by atoms with van der Waals surface area (Å²) in [5.74, 6) is 1.39. The average molecular weight is 535 g/mol. The lowest BCUT2D eigenvalue weighted by atomic mass is 9.99. The van der Waals surface area contributed by atoms with Crippen LogP contribution >= 0.6 is 0 Å². The molecule has 0 bridgehead atoms. The van der Waals surface area contributed by atoms with Crippen LogP contribution in [0.15, 0.2) is 42.5 Å². The SMILES string of the molecule is COc1ccc(/C=C\C(=O)O[C@H]2[C@H](O)[C@@H](O)[C@H](OCCc3ccc(OC)c(OC)c3)O[C@@H]2CO)cc1OC. The highest BCUT2D eigenvalue weighted by atomic mass is 16.7. The summed E-state index contributed by atoms with van der Waals surface area (Å²) in [6.07, 6.45) is -3.64. The molecule has 1 fully saturated rings. The smallest absolute Gasteiger partial charge is 0.331 e. The fourth-order valence-corrected chi connectivity index (χ4v) is 3.96. The van der Waals surface area contributed by atoms with E-state index in [1.54, 1.807) is 37.4 Å². The summed E-state index contributed by atoms with van der Waals surface area (Å²) >= 11 is 0. The Bertz CT molecular complexity index is 1080. The molecule has 38 heavy (non-hydrogen) atoms. The van der Waals surface area contributed by atoms with Crippen LogP contribution in [0.4, 0.5) is 0 Å². The first-order chi connectivity index (χ1) is 18.3. The first-order valence-corrected chi connectivity index (χ1v) is 11.9. The number of hydrogen-bond acceptors (Lipinski definition) is 11. The highest BCUT2D eigenvalue weighted by Gasteiger charge is 2.46. The number of esters is 1. The Morgan fingerprint density at radius 1 is 0.895 bits per heavy atom. The normalized spacial score (nSPS) is 23.2. The summed E-state index contributed by atoms with van der Waals surface area (Å²) in [6.45, 7) is -0.433. The van der Waals surface area contributed by atoms with Gasteiger partial charge in [0, 0.05) is 6.08 Å². The fraction of sp³-hybridized carbons (Fsp3) is 0.444. The zero-order valence-corrected chi connectivity index (χ0v) is 21.7. The third kappa shape index (κ3) is 7.15. The number of benzene rings is 2. The van der Waals surface area contributed by atoms with Crippen LogP contribution in [0.3, 0.4) is 0 Å². The number of aliphatic hydroxyl groups is 3. The topological polar surface area (TPSA) is 142 Å². The maximum absolute atomic E-state index is 12.4. The van der Waals surface area contributed by atoms with Crippen LogP contribution in [0, 0.1) is 0 Å². The molecule has 11 heteroatoms. The number of methoxy groups -OCH3 is 4. The molecule has 0 spiro atoms. The fourth-order valence-electron chi connectivity index (χ4n) is 3.96. The van der Waals surface area contributed by atoms with Crippen molar-refractivity contribution in [2.45, 2.75) is 37.1 Å². The number of carbonyl (C=O) groups is 1. The lowest BCUT2D eigenvalue weighted by Gasteiger charge is -2.41. The van der Waals surface area contributed by atoms with Crippen LogP contribution < -0.4 is 18.9 Å². The van der Waals surface area contributed by atoms with Crippen molar-refractivity contribution in [2.24, 2.45) is 0 Å². The van der Waals surface area contributed by atoms with E-state index < -0.39 is 43.3 Å². The van der Waals surface area contributed by atoms with Gasteiger partial charge in [-0.1, -0.05) is 12.1 Å². The first kappa shape index (κ1) is 29.2. The highest BCUT2D eigenvalue weighted by molar-refractivity contribution is 5.87. The molecule has 2 aromatic rings. The zero-order valence-electron chi connectivity index (χ0n) is 21.7. The molecule has 5 atom stereocenters. The van der Waals surface area contributed by atoms with E-state index in [0.717, 1.165) is 11.6 Å². The molecule has 1 saturated heterocycles. The Balaban J connectivity index is 1.57. The Hall–Kier alpha value is -3.35. The Labute approximate surface area is 221 Å². The Morgan fingerprint density at radius 3 is 2.16 bits per heavy atom. The number of ether oxygens (including phenoxy) is 7.